The van der Waals surface area contributed by atoms with E-state index >= 15 is 0 Å². The van der Waals surface area contributed by atoms with E-state index in [2.05, 4.69) is 10.2 Å². The Morgan fingerprint density at radius 3 is 2.86 bits per heavy atom. The topological polar surface area (TPSA) is 58.0 Å². The molecule has 6 heteroatoms. The van der Waals surface area contributed by atoms with E-state index in [9.17, 15) is 4.79 Å². The van der Waals surface area contributed by atoms with E-state index in [4.69, 9.17) is 9.15 Å². The van der Waals surface area contributed by atoms with Crippen molar-refractivity contribution in [1.82, 2.24) is 15.1 Å². The van der Waals surface area contributed by atoms with Gasteiger partial charge in [-0.2, -0.15) is 0 Å². The molecular weight excluding hydrogens is 270 g/mol. The van der Waals surface area contributed by atoms with Gasteiger partial charge >= 0.3 is 6.03 Å². The largest absolute Gasteiger partial charge is 0.468 e. The summed E-state index contributed by atoms with van der Waals surface area (Å²) in [5, 5.41) is 2.98. The maximum atomic E-state index is 12.1. The molecule has 0 aliphatic carbocycles. The highest BCUT2D eigenvalue weighted by molar-refractivity contribution is 5.74. The van der Waals surface area contributed by atoms with Crippen molar-refractivity contribution in [2.75, 3.05) is 39.3 Å². The standard InChI is InChI=1S/C15H23N3O3/c19-15(16-11-13-3-1-9-20-13)18-7-5-17(6-8-18)12-14-4-2-10-21-14/h2,4,10,13H,1,3,5-9,11-12H2,(H,16,19). The number of urea groups is 1. The zero-order chi connectivity index (χ0) is 14.5. The van der Waals surface area contributed by atoms with Crippen LogP contribution in [0.4, 0.5) is 4.79 Å². The van der Waals surface area contributed by atoms with Crippen LogP contribution in [0, 0.1) is 0 Å². The lowest BCUT2D eigenvalue weighted by Gasteiger charge is -2.34. The molecule has 0 aromatic carbocycles. The molecule has 1 aromatic rings. The molecule has 0 spiro atoms. The molecule has 0 bridgehead atoms. The van der Waals surface area contributed by atoms with E-state index in [1.807, 2.05) is 17.0 Å². The van der Waals surface area contributed by atoms with Crippen LogP contribution in [0.15, 0.2) is 22.8 Å². The lowest BCUT2D eigenvalue weighted by atomic mass is 10.2. The summed E-state index contributed by atoms with van der Waals surface area (Å²) in [4.78, 5) is 16.3. The van der Waals surface area contributed by atoms with E-state index in [0.29, 0.717) is 6.54 Å². The molecule has 3 heterocycles. The summed E-state index contributed by atoms with van der Waals surface area (Å²) >= 11 is 0. The van der Waals surface area contributed by atoms with Gasteiger partial charge in [0.2, 0.25) is 0 Å². The Morgan fingerprint density at radius 2 is 2.19 bits per heavy atom. The van der Waals surface area contributed by atoms with Crippen molar-refractivity contribution in [1.29, 1.82) is 0 Å². The first-order valence-electron chi connectivity index (χ1n) is 7.70. The molecule has 3 rings (SSSR count). The van der Waals surface area contributed by atoms with Crippen LogP contribution in [0.1, 0.15) is 18.6 Å². The van der Waals surface area contributed by atoms with Gasteiger partial charge in [0.25, 0.3) is 0 Å². The Balaban J connectivity index is 1.37. The van der Waals surface area contributed by atoms with Crippen LogP contribution >= 0.6 is 0 Å². The van der Waals surface area contributed by atoms with Crippen LogP contribution in [0.3, 0.4) is 0 Å². The first-order chi connectivity index (χ1) is 10.3. The number of carbonyl (C=O) groups is 1. The molecule has 1 aromatic heterocycles. The number of hydrogen-bond donors (Lipinski definition) is 1. The maximum Gasteiger partial charge on any atom is 0.317 e. The molecule has 1 atom stereocenters. The molecule has 6 nitrogen and oxygen atoms in total. The molecule has 2 aliphatic heterocycles. The Morgan fingerprint density at radius 1 is 1.33 bits per heavy atom. The van der Waals surface area contributed by atoms with E-state index in [0.717, 1.165) is 57.9 Å². The van der Waals surface area contributed by atoms with Gasteiger partial charge < -0.3 is 19.4 Å². The number of ether oxygens (including phenoxy) is 1. The van der Waals surface area contributed by atoms with Gasteiger partial charge in [-0.25, -0.2) is 4.79 Å². The summed E-state index contributed by atoms with van der Waals surface area (Å²) in [6.07, 6.45) is 4.06. The van der Waals surface area contributed by atoms with Gasteiger partial charge in [-0.3, -0.25) is 4.90 Å². The second-order valence-corrected chi connectivity index (χ2v) is 5.66. The zero-order valence-electron chi connectivity index (χ0n) is 12.3. The highest BCUT2D eigenvalue weighted by Gasteiger charge is 2.23. The molecule has 2 saturated heterocycles. The quantitative estimate of drug-likeness (QED) is 0.909. The second kappa shape index (κ2) is 6.95. The molecule has 2 fully saturated rings. The van der Waals surface area contributed by atoms with Gasteiger partial charge in [-0.05, 0) is 25.0 Å². The molecule has 21 heavy (non-hydrogen) atoms. The van der Waals surface area contributed by atoms with E-state index in [1.54, 1.807) is 6.26 Å². The molecule has 0 saturated carbocycles. The lowest BCUT2D eigenvalue weighted by molar-refractivity contribution is 0.103. The van der Waals surface area contributed by atoms with Crippen molar-refractivity contribution in [2.45, 2.75) is 25.5 Å². The average Bonchev–Trinajstić information content (AvgIpc) is 3.19. The number of carbonyl (C=O) groups excluding carboxylic acids is 1. The fraction of sp³-hybridized carbons (Fsp3) is 0.667. The van der Waals surface area contributed by atoms with Gasteiger partial charge in [-0.15, -0.1) is 0 Å². The molecular formula is C15H23N3O3. The summed E-state index contributed by atoms with van der Waals surface area (Å²) in [7, 11) is 0. The van der Waals surface area contributed by atoms with Crippen LogP contribution < -0.4 is 5.32 Å². The number of amides is 2. The number of piperazine rings is 1. The SMILES string of the molecule is O=C(NCC1CCCO1)N1CCN(Cc2ccco2)CC1. The third kappa shape index (κ3) is 3.98. The lowest BCUT2D eigenvalue weighted by Crippen LogP contribution is -2.52. The highest BCUT2D eigenvalue weighted by Crippen LogP contribution is 2.11. The molecule has 1 N–H and O–H groups in total. The fourth-order valence-corrected chi connectivity index (χ4v) is 2.85. The van der Waals surface area contributed by atoms with Gasteiger partial charge in [0.05, 0.1) is 18.9 Å². The average molecular weight is 293 g/mol. The third-order valence-electron chi connectivity index (χ3n) is 4.12. The maximum absolute atomic E-state index is 12.1. The van der Waals surface area contributed by atoms with Crippen LogP contribution in [0.2, 0.25) is 0 Å². The van der Waals surface area contributed by atoms with Crippen molar-refractivity contribution in [3.63, 3.8) is 0 Å². The van der Waals surface area contributed by atoms with E-state index < -0.39 is 0 Å². The summed E-state index contributed by atoms with van der Waals surface area (Å²) in [6, 6.07) is 3.92. The Hall–Kier alpha value is -1.53. The summed E-state index contributed by atoms with van der Waals surface area (Å²) < 4.78 is 10.9. The number of nitrogens with one attached hydrogen (secondary N) is 1. The van der Waals surface area contributed by atoms with Crippen molar-refractivity contribution < 1.29 is 13.9 Å². The van der Waals surface area contributed by atoms with Crippen molar-refractivity contribution in [2.24, 2.45) is 0 Å². The summed E-state index contributed by atoms with van der Waals surface area (Å²) in [5.74, 6) is 0.978. The number of hydrogen-bond acceptors (Lipinski definition) is 4. The van der Waals surface area contributed by atoms with Gasteiger partial charge in [0.1, 0.15) is 5.76 Å². The monoisotopic (exact) mass is 293 g/mol. The predicted molar refractivity (Wildman–Crippen MR) is 77.9 cm³/mol. The van der Waals surface area contributed by atoms with Gasteiger partial charge in [0.15, 0.2) is 0 Å². The van der Waals surface area contributed by atoms with Crippen molar-refractivity contribution >= 4 is 6.03 Å². The Kier molecular flexibility index (Phi) is 4.77. The van der Waals surface area contributed by atoms with Crippen molar-refractivity contribution in [3.8, 4) is 0 Å². The number of furan rings is 1. The first-order valence-corrected chi connectivity index (χ1v) is 7.70. The van der Waals surface area contributed by atoms with Gasteiger partial charge in [0, 0.05) is 39.3 Å². The van der Waals surface area contributed by atoms with E-state index in [-0.39, 0.29) is 12.1 Å². The number of nitrogens with zero attached hydrogens (tertiary/aromatic N) is 2. The van der Waals surface area contributed by atoms with Gasteiger partial charge in [-0.1, -0.05) is 0 Å². The highest BCUT2D eigenvalue weighted by atomic mass is 16.5. The summed E-state index contributed by atoms with van der Waals surface area (Å²) in [6.45, 7) is 5.56. The van der Waals surface area contributed by atoms with Crippen LogP contribution in [-0.2, 0) is 11.3 Å². The number of rotatable bonds is 4. The predicted octanol–water partition coefficient (Wildman–Crippen LogP) is 1.29. The smallest absolute Gasteiger partial charge is 0.317 e. The zero-order valence-corrected chi connectivity index (χ0v) is 12.3. The molecule has 1 unspecified atom stereocenters. The molecule has 2 aliphatic rings. The molecule has 0 radical (unpaired) electrons. The Bertz CT molecular complexity index is 435. The third-order valence-corrected chi connectivity index (χ3v) is 4.12. The summed E-state index contributed by atoms with van der Waals surface area (Å²) in [5.41, 5.74) is 0. The minimum atomic E-state index is 0.0307. The normalized spacial score (nSPS) is 23.4. The minimum absolute atomic E-state index is 0.0307. The second-order valence-electron chi connectivity index (χ2n) is 5.66. The van der Waals surface area contributed by atoms with Crippen LogP contribution in [-0.4, -0.2) is 61.3 Å². The molecule has 2 amide bonds. The fourth-order valence-electron chi connectivity index (χ4n) is 2.85. The first kappa shape index (κ1) is 14.4. The van der Waals surface area contributed by atoms with Crippen LogP contribution in [0.5, 0.6) is 0 Å². The van der Waals surface area contributed by atoms with Crippen molar-refractivity contribution in [3.05, 3.63) is 24.2 Å². The minimum Gasteiger partial charge on any atom is -0.468 e. The molecule has 116 valence electrons. The van der Waals surface area contributed by atoms with E-state index in [1.165, 1.54) is 0 Å². The Labute approximate surface area is 125 Å². The van der Waals surface area contributed by atoms with Crippen LogP contribution in [0.25, 0.3) is 0 Å².